The van der Waals surface area contributed by atoms with Crippen LogP contribution in [-0.2, 0) is 10.8 Å². The number of benzene rings is 4. The predicted molar refractivity (Wildman–Crippen MR) is 188 cm³/mol. The summed E-state index contributed by atoms with van der Waals surface area (Å²) in [6.45, 7) is 25.6. The van der Waals surface area contributed by atoms with Gasteiger partial charge in [0, 0.05) is 6.20 Å². The second-order valence-electron chi connectivity index (χ2n) is 13.6. The van der Waals surface area contributed by atoms with E-state index in [4.69, 9.17) is 13.1 Å². The molecule has 0 spiro atoms. The molecule has 1 saturated carbocycles. The first-order valence-corrected chi connectivity index (χ1v) is 15.9. The van der Waals surface area contributed by atoms with Crippen LogP contribution in [0.1, 0.15) is 60.9 Å². The van der Waals surface area contributed by atoms with Crippen LogP contribution in [0.15, 0.2) is 85.2 Å². The zero-order chi connectivity index (χ0) is 32.7. The van der Waals surface area contributed by atoms with Crippen LogP contribution < -0.4 is 9.80 Å². The van der Waals surface area contributed by atoms with Gasteiger partial charge in [-0.1, -0.05) is 68.4 Å². The van der Waals surface area contributed by atoms with Gasteiger partial charge in [-0.2, -0.15) is 5.26 Å². The summed E-state index contributed by atoms with van der Waals surface area (Å²) in [7, 11) is 0. The molecule has 2 unspecified atom stereocenters. The van der Waals surface area contributed by atoms with Gasteiger partial charge < -0.3 is 9.80 Å². The molecule has 0 amide bonds. The number of aromatic nitrogens is 1. The van der Waals surface area contributed by atoms with Crippen LogP contribution in [-0.4, -0.2) is 4.98 Å². The van der Waals surface area contributed by atoms with Gasteiger partial charge in [0.25, 0.3) is 0 Å². The van der Waals surface area contributed by atoms with Crippen molar-refractivity contribution in [1.29, 1.82) is 5.26 Å². The maximum absolute atomic E-state index is 11.0. The molecule has 4 aromatic carbocycles. The molecule has 47 heavy (non-hydrogen) atoms. The molecule has 2 bridgehead atoms. The lowest BCUT2D eigenvalue weighted by Crippen LogP contribution is -2.27. The highest BCUT2D eigenvalue weighted by molar-refractivity contribution is 6.08. The van der Waals surface area contributed by atoms with Gasteiger partial charge in [-0.15, -0.1) is 0 Å². The molecule has 2 atom stereocenters. The molecule has 2 aliphatic carbocycles. The monoisotopic (exact) mass is 608 g/mol. The quantitative estimate of drug-likeness (QED) is 0.188. The standard InChI is InChI=1S/C41H32N6/c1-25-11-10-12-26(2)38(25)47-32-21-28(27-13-8-7-9-14-27)15-16-30(32)46(31-17-20-45-23-33(31)47)39-29(22-42)34-35(36(43-5)37(39)44-6)41(4)19-18-40(34,3)24-41/h7-17,20-21,23H,18-19,24H2,1-4H3. The third-order valence-corrected chi connectivity index (χ3v) is 10.7. The van der Waals surface area contributed by atoms with Crippen LogP contribution in [0.4, 0.5) is 45.5 Å². The summed E-state index contributed by atoms with van der Waals surface area (Å²) in [4.78, 5) is 17.1. The van der Waals surface area contributed by atoms with Crippen LogP contribution >= 0.6 is 0 Å². The van der Waals surface area contributed by atoms with Crippen molar-refractivity contribution < 1.29 is 0 Å². The molecule has 1 aromatic heterocycles. The van der Waals surface area contributed by atoms with Crippen molar-refractivity contribution in [2.24, 2.45) is 0 Å². The first-order chi connectivity index (χ1) is 22.7. The minimum atomic E-state index is -0.231. The zero-order valence-electron chi connectivity index (χ0n) is 26.9. The first-order valence-electron chi connectivity index (χ1n) is 15.9. The van der Waals surface area contributed by atoms with E-state index in [1.807, 2.05) is 30.5 Å². The van der Waals surface area contributed by atoms with Gasteiger partial charge in [-0.3, -0.25) is 4.98 Å². The number of nitrogens with zero attached hydrogens (tertiary/aromatic N) is 6. The molecule has 6 nitrogen and oxygen atoms in total. The Kier molecular flexibility index (Phi) is 6.11. The third-order valence-electron chi connectivity index (χ3n) is 10.7. The molecule has 0 saturated heterocycles. The molecular formula is C41H32N6. The molecule has 1 fully saturated rings. The Balaban J connectivity index is 1.51. The fraction of sp³-hybridized carbons (Fsp3) is 0.220. The molecule has 0 N–H and O–H groups in total. The average molecular weight is 609 g/mol. The van der Waals surface area contributed by atoms with Crippen LogP contribution in [0.2, 0.25) is 0 Å². The number of rotatable bonds is 3. The van der Waals surface area contributed by atoms with Crippen molar-refractivity contribution in [2.45, 2.75) is 57.8 Å². The lowest BCUT2D eigenvalue weighted by Gasteiger charge is -2.43. The Hall–Kier alpha value is -5.90. The lowest BCUT2D eigenvalue weighted by atomic mass is 9.74. The van der Waals surface area contributed by atoms with Crippen molar-refractivity contribution in [2.75, 3.05) is 9.80 Å². The molecular weight excluding hydrogens is 576 g/mol. The van der Waals surface area contributed by atoms with Gasteiger partial charge in [0.05, 0.1) is 59.0 Å². The lowest BCUT2D eigenvalue weighted by molar-refractivity contribution is 0.484. The summed E-state index contributed by atoms with van der Waals surface area (Å²) in [6.07, 6.45) is 6.41. The van der Waals surface area contributed by atoms with Gasteiger partial charge in [0.2, 0.25) is 11.4 Å². The van der Waals surface area contributed by atoms with Crippen molar-refractivity contribution >= 4 is 45.5 Å². The van der Waals surface area contributed by atoms with E-state index >= 15 is 0 Å². The van der Waals surface area contributed by atoms with Gasteiger partial charge in [-0.25, -0.2) is 9.69 Å². The van der Waals surface area contributed by atoms with E-state index < -0.39 is 0 Å². The highest BCUT2D eigenvalue weighted by atomic mass is 15.3. The molecule has 3 aliphatic rings. The zero-order valence-corrected chi connectivity index (χ0v) is 26.9. The van der Waals surface area contributed by atoms with E-state index in [0.717, 1.165) is 81.1 Å². The highest BCUT2D eigenvalue weighted by Crippen LogP contribution is 2.68. The number of anilines is 6. The minimum Gasteiger partial charge on any atom is -0.316 e. The van der Waals surface area contributed by atoms with Crippen molar-refractivity contribution in [3.05, 3.63) is 136 Å². The smallest absolute Gasteiger partial charge is 0.219 e. The molecule has 8 rings (SSSR count). The Morgan fingerprint density at radius 1 is 0.723 bits per heavy atom. The highest BCUT2D eigenvalue weighted by Gasteiger charge is 2.56. The normalized spacial score (nSPS) is 20.1. The van der Waals surface area contributed by atoms with Crippen molar-refractivity contribution in [3.8, 4) is 17.2 Å². The first kappa shape index (κ1) is 28.6. The molecule has 226 valence electrons. The molecule has 6 heteroatoms. The third kappa shape index (κ3) is 3.84. The molecule has 1 aliphatic heterocycles. The maximum Gasteiger partial charge on any atom is 0.219 e. The number of fused-ring (bicyclic) bond motifs is 7. The molecule has 2 heterocycles. The molecule has 0 radical (unpaired) electrons. The van der Waals surface area contributed by atoms with Crippen LogP contribution in [0.5, 0.6) is 0 Å². The number of nitriles is 1. The average Bonchev–Trinajstić information content (AvgIpc) is 3.53. The Bertz CT molecular complexity index is 2260. The van der Waals surface area contributed by atoms with E-state index in [-0.39, 0.29) is 16.5 Å². The summed E-state index contributed by atoms with van der Waals surface area (Å²) in [6, 6.07) is 27.5. The summed E-state index contributed by atoms with van der Waals surface area (Å²) >= 11 is 0. The van der Waals surface area contributed by atoms with E-state index in [9.17, 15) is 5.26 Å². The van der Waals surface area contributed by atoms with E-state index in [1.165, 1.54) is 0 Å². The maximum atomic E-state index is 11.0. The van der Waals surface area contributed by atoms with Crippen LogP contribution in [0.3, 0.4) is 0 Å². The second-order valence-corrected chi connectivity index (χ2v) is 13.6. The van der Waals surface area contributed by atoms with E-state index in [1.54, 1.807) is 6.20 Å². The minimum absolute atomic E-state index is 0.223. The SMILES string of the molecule is [C-]#[N+]c1c([N+]#[C-])c2c(c(C#N)c1N1c3ccncc3N(c3c(C)cccc3C)c3cc(-c4ccccc4)ccc31)C1(C)CCC2(C)C1. The van der Waals surface area contributed by atoms with Crippen LogP contribution in [0.25, 0.3) is 20.8 Å². The van der Waals surface area contributed by atoms with Crippen molar-refractivity contribution in [1.82, 2.24) is 4.98 Å². The van der Waals surface area contributed by atoms with Crippen molar-refractivity contribution in [3.63, 3.8) is 0 Å². The summed E-state index contributed by atoms with van der Waals surface area (Å²) in [5.41, 5.74) is 11.9. The second kappa shape index (κ2) is 10.1. The topological polar surface area (TPSA) is 51.9 Å². The number of pyridine rings is 1. The fourth-order valence-corrected chi connectivity index (χ4v) is 8.80. The largest absolute Gasteiger partial charge is 0.316 e. The summed E-state index contributed by atoms with van der Waals surface area (Å²) in [5.74, 6) is 0. The van der Waals surface area contributed by atoms with Gasteiger partial charge in [0.15, 0.2) is 0 Å². The van der Waals surface area contributed by atoms with E-state index in [2.05, 4.69) is 107 Å². The van der Waals surface area contributed by atoms with Gasteiger partial charge in [-0.05, 0) is 95.5 Å². The summed E-state index contributed by atoms with van der Waals surface area (Å²) in [5, 5.41) is 11.0. The number of aryl methyl sites for hydroxylation is 2. The van der Waals surface area contributed by atoms with Gasteiger partial charge in [0.1, 0.15) is 6.07 Å². The summed E-state index contributed by atoms with van der Waals surface area (Å²) < 4.78 is 0. The fourth-order valence-electron chi connectivity index (χ4n) is 8.80. The Morgan fingerprint density at radius 2 is 1.38 bits per heavy atom. The van der Waals surface area contributed by atoms with Gasteiger partial charge >= 0.3 is 0 Å². The predicted octanol–water partition coefficient (Wildman–Crippen LogP) is 11.3. The Labute approximate surface area is 275 Å². The number of para-hydroxylation sites is 1. The number of hydrogen-bond acceptors (Lipinski definition) is 4. The van der Waals surface area contributed by atoms with Crippen LogP contribution in [0, 0.1) is 38.3 Å². The Morgan fingerprint density at radius 3 is 2.06 bits per heavy atom. The van der Waals surface area contributed by atoms with E-state index in [0.29, 0.717) is 16.9 Å². The number of hydrogen-bond donors (Lipinski definition) is 0. The molecule has 5 aromatic rings.